The highest BCUT2D eigenvalue weighted by Gasteiger charge is 2.21. The molecule has 30 heavy (non-hydrogen) atoms. The molecule has 2 aromatic rings. The number of methoxy groups -OCH3 is 1. The number of hydrogen-bond acceptors (Lipinski definition) is 3. The minimum absolute atomic E-state index is 0.280. The summed E-state index contributed by atoms with van der Waals surface area (Å²) in [7, 11) is 1.43. The lowest BCUT2D eigenvalue weighted by Gasteiger charge is -2.27. The van der Waals surface area contributed by atoms with Crippen molar-refractivity contribution in [2.45, 2.75) is 83.0 Å². The van der Waals surface area contributed by atoms with E-state index in [4.69, 9.17) is 4.74 Å². The summed E-state index contributed by atoms with van der Waals surface area (Å²) in [5, 5.41) is 3.64. The molecule has 3 heteroatoms. The summed E-state index contributed by atoms with van der Waals surface area (Å²) < 4.78 is 4.88. The summed E-state index contributed by atoms with van der Waals surface area (Å²) in [6.07, 6.45) is 13.5. The Labute approximate surface area is 181 Å². The van der Waals surface area contributed by atoms with Gasteiger partial charge >= 0.3 is 5.97 Å². The third-order valence-corrected chi connectivity index (χ3v) is 7.05. The van der Waals surface area contributed by atoms with E-state index < -0.39 is 0 Å². The first-order valence-electron chi connectivity index (χ1n) is 11.7. The van der Waals surface area contributed by atoms with Gasteiger partial charge in [0.25, 0.3) is 0 Å². The molecule has 2 aliphatic carbocycles. The van der Waals surface area contributed by atoms with Crippen molar-refractivity contribution in [3.8, 4) is 0 Å². The SMILES string of the molecule is COC(=O)c1ccc(Nc2cc(C3CCCCC3)cc(C3CCCCC3)c2)cc1C. The average molecular weight is 406 g/mol. The standard InChI is InChI=1S/C27H35NO2/c1-19-15-24(13-14-26(19)27(29)30-2)28-25-17-22(20-9-5-3-6-10-20)16-23(18-25)21-11-7-4-8-12-21/h13-18,20-21,28H,3-12H2,1-2H3. The molecular formula is C27H35NO2. The summed E-state index contributed by atoms with van der Waals surface area (Å²) >= 11 is 0. The minimum atomic E-state index is -0.280. The second-order valence-electron chi connectivity index (χ2n) is 9.20. The Morgan fingerprint density at radius 1 is 0.800 bits per heavy atom. The molecule has 160 valence electrons. The van der Waals surface area contributed by atoms with Crippen LogP contribution >= 0.6 is 0 Å². The van der Waals surface area contributed by atoms with E-state index >= 15 is 0 Å². The van der Waals surface area contributed by atoms with E-state index in [1.807, 2.05) is 25.1 Å². The van der Waals surface area contributed by atoms with Crippen LogP contribution in [0.15, 0.2) is 36.4 Å². The molecule has 0 bridgehead atoms. The number of nitrogens with one attached hydrogen (secondary N) is 1. The fourth-order valence-electron chi connectivity index (χ4n) is 5.34. The van der Waals surface area contributed by atoms with Crippen molar-refractivity contribution in [1.82, 2.24) is 0 Å². The Balaban J connectivity index is 1.62. The van der Waals surface area contributed by atoms with Gasteiger partial charge in [-0.3, -0.25) is 0 Å². The summed E-state index contributed by atoms with van der Waals surface area (Å²) in [5.74, 6) is 1.12. The van der Waals surface area contributed by atoms with Gasteiger partial charge < -0.3 is 10.1 Å². The van der Waals surface area contributed by atoms with Crippen molar-refractivity contribution in [3.63, 3.8) is 0 Å². The van der Waals surface area contributed by atoms with E-state index in [-0.39, 0.29) is 5.97 Å². The molecule has 2 fully saturated rings. The van der Waals surface area contributed by atoms with Gasteiger partial charge in [-0.15, -0.1) is 0 Å². The lowest BCUT2D eigenvalue weighted by atomic mass is 9.79. The molecule has 1 N–H and O–H groups in total. The Hall–Kier alpha value is -2.29. The van der Waals surface area contributed by atoms with Crippen LogP contribution in [0.2, 0.25) is 0 Å². The summed E-state index contributed by atoms with van der Waals surface area (Å²) in [6, 6.07) is 13.1. The van der Waals surface area contributed by atoms with Crippen molar-refractivity contribution < 1.29 is 9.53 Å². The van der Waals surface area contributed by atoms with Gasteiger partial charge in [0.05, 0.1) is 12.7 Å². The van der Waals surface area contributed by atoms with Crippen LogP contribution in [0.1, 0.15) is 103 Å². The number of carbonyl (C=O) groups excluding carboxylic acids is 1. The maximum Gasteiger partial charge on any atom is 0.338 e. The van der Waals surface area contributed by atoms with Crippen molar-refractivity contribution in [1.29, 1.82) is 0 Å². The van der Waals surface area contributed by atoms with Crippen LogP contribution in [-0.4, -0.2) is 13.1 Å². The van der Waals surface area contributed by atoms with Crippen molar-refractivity contribution >= 4 is 17.3 Å². The quantitative estimate of drug-likeness (QED) is 0.520. The summed E-state index contributed by atoms with van der Waals surface area (Å²) in [6.45, 7) is 1.96. The molecule has 0 radical (unpaired) electrons. The predicted molar refractivity (Wildman–Crippen MR) is 124 cm³/mol. The number of benzene rings is 2. The number of aryl methyl sites for hydroxylation is 1. The second kappa shape index (κ2) is 9.68. The molecule has 4 rings (SSSR count). The average Bonchev–Trinajstić information content (AvgIpc) is 2.79. The Bertz CT molecular complexity index is 840. The Morgan fingerprint density at radius 2 is 1.37 bits per heavy atom. The van der Waals surface area contributed by atoms with E-state index in [0.29, 0.717) is 17.4 Å². The zero-order valence-electron chi connectivity index (χ0n) is 18.5. The molecule has 2 aromatic carbocycles. The van der Waals surface area contributed by atoms with E-state index in [2.05, 4.69) is 23.5 Å². The fraction of sp³-hybridized carbons (Fsp3) is 0.519. The van der Waals surface area contributed by atoms with Crippen LogP contribution in [0.5, 0.6) is 0 Å². The lowest BCUT2D eigenvalue weighted by molar-refractivity contribution is 0.0600. The van der Waals surface area contributed by atoms with Gasteiger partial charge in [0.2, 0.25) is 0 Å². The third-order valence-electron chi connectivity index (χ3n) is 7.05. The van der Waals surface area contributed by atoms with Crippen LogP contribution in [0.3, 0.4) is 0 Å². The molecule has 0 heterocycles. The summed E-state index contributed by atoms with van der Waals surface area (Å²) in [5.41, 5.74) is 6.80. The number of ether oxygens (including phenoxy) is 1. The molecule has 0 aliphatic heterocycles. The third kappa shape index (κ3) is 4.88. The molecule has 0 unspecified atom stereocenters. The first-order valence-corrected chi connectivity index (χ1v) is 11.7. The smallest absolute Gasteiger partial charge is 0.338 e. The highest BCUT2D eigenvalue weighted by Crippen LogP contribution is 2.39. The lowest BCUT2D eigenvalue weighted by Crippen LogP contribution is -2.09. The van der Waals surface area contributed by atoms with Gasteiger partial charge in [-0.2, -0.15) is 0 Å². The first-order chi connectivity index (χ1) is 14.6. The highest BCUT2D eigenvalue weighted by molar-refractivity contribution is 5.91. The highest BCUT2D eigenvalue weighted by atomic mass is 16.5. The van der Waals surface area contributed by atoms with Gasteiger partial charge in [0.1, 0.15) is 0 Å². The van der Waals surface area contributed by atoms with E-state index in [1.165, 1.54) is 88.1 Å². The topological polar surface area (TPSA) is 38.3 Å². The van der Waals surface area contributed by atoms with Crippen molar-refractivity contribution in [2.24, 2.45) is 0 Å². The Kier molecular flexibility index (Phi) is 6.76. The van der Waals surface area contributed by atoms with Crippen LogP contribution in [0.25, 0.3) is 0 Å². The van der Waals surface area contributed by atoms with Crippen LogP contribution in [0.4, 0.5) is 11.4 Å². The molecule has 0 amide bonds. The molecule has 2 saturated carbocycles. The molecule has 2 aliphatic rings. The van der Waals surface area contributed by atoms with Crippen molar-refractivity contribution in [2.75, 3.05) is 12.4 Å². The number of rotatable bonds is 5. The number of carbonyl (C=O) groups is 1. The first kappa shape index (κ1) is 21.0. The maximum atomic E-state index is 11.9. The normalized spacial score (nSPS) is 18.2. The zero-order valence-corrected chi connectivity index (χ0v) is 18.5. The minimum Gasteiger partial charge on any atom is -0.465 e. The Morgan fingerprint density at radius 3 is 1.87 bits per heavy atom. The number of esters is 1. The molecule has 3 nitrogen and oxygen atoms in total. The van der Waals surface area contributed by atoms with E-state index in [1.54, 1.807) is 0 Å². The maximum absolute atomic E-state index is 11.9. The van der Waals surface area contributed by atoms with Crippen molar-refractivity contribution in [3.05, 3.63) is 58.7 Å². The van der Waals surface area contributed by atoms with Gasteiger partial charge in [0.15, 0.2) is 0 Å². The van der Waals surface area contributed by atoms with E-state index in [9.17, 15) is 4.79 Å². The predicted octanol–water partition coefficient (Wildman–Crippen LogP) is 7.62. The van der Waals surface area contributed by atoms with Crippen LogP contribution < -0.4 is 5.32 Å². The number of hydrogen-bond donors (Lipinski definition) is 1. The fourth-order valence-corrected chi connectivity index (χ4v) is 5.34. The molecule has 0 atom stereocenters. The number of anilines is 2. The largest absolute Gasteiger partial charge is 0.465 e. The van der Waals surface area contributed by atoms with Gasteiger partial charge in [-0.05, 0) is 91.5 Å². The molecule has 0 saturated heterocycles. The monoisotopic (exact) mass is 405 g/mol. The van der Waals surface area contributed by atoms with Crippen LogP contribution in [0, 0.1) is 6.92 Å². The summed E-state index contributed by atoms with van der Waals surface area (Å²) in [4.78, 5) is 11.9. The zero-order chi connectivity index (χ0) is 20.9. The molecule has 0 spiro atoms. The molecular weight excluding hydrogens is 370 g/mol. The van der Waals surface area contributed by atoms with Gasteiger partial charge in [0, 0.05) is 11.4 Å². The second-order valence-corrected chi connectivity index (χ2v) is 9.20. The van der Waals surface area contributed by atoms with E-state index in [0.717, 1.165) is 11.3 Å². The van der Waals surface area contributed by atoms with Gasteiger partial charge in [-0.25, -0.2) is 4.79 Å². The van der Waals surface area contributed by atoms with Crippen LogP contribution in [-0.2, 0) is 4.74 Å². The van der Waals surface area contributed by atoms with Gasteiger partial charge in [-0.1, -0.05) is 44.6 Å². The molecule has 0 aromatic heterocycles.